The topological polar surface area (TPSA) is 71.1 Å². The number of aryl methyl sites for hydroxylation is 1. The molecule has 0 aliphatic carbocycles. The van der Waals surface area contributed by atoms with Crippen LogP contribution < -0.4 is 10.6 Å². The Bertz CT molecular complexity index is 718. The van der Waals surface area contributed by atoms with Crippen LogP contribution in [0.4, 0.5) is 8.78 Å². The minimum absolute atomic E-state index is 0.126. The number of hydrogen-bond acceptors (Lipinski definition) is 4. The third kappa shape index (κ3) is 4.56. The van der Waals surface area contributed by atoms with Gasteiger partial charge in [-0.3, -0.25) is 9.59 Å². The van der Waals surface area contributed by atoms with E-state index in [1.807, 2.05) is 6.92 Å². The number of carbonyl (C=O) groups is 2. The number of thiazole rings is 1. The second-order valence-electron chi connectivity index (χ2n) is 4.61. The molecule has 0 fully saturated rings. The molecule has 1 heterocycles. The maximum atomic E-state index is 13.4. The number of hydrogen-bond donors (Lipinski definition) is 2. The van der Waals surface area contributed by atoms with E-state index in [1.54, 1.807) is 0 Å². The summed E-state index contributed by atoms with van der Waals surface area (Å²) in [6, 6.07) is 2.73. The molecule has 2 aromatic rings. The van der Waals surface area contributed by atoms with E-state index in [9.17, 15) is 18.4 Å². The molecule has 0 aliphatic rings. The van der Waals surface area contributed by atoms with Crippen molar-refractivity contribution in [3.05, 3.63) is 51.5 Å². The fourth-order valence-corrected chi connectivity index (χ4v) is 2.56. The summed E-state index contributed by atoms with van der Waals surface area (Å²) >= 11 is 1.31. The Morgan fingerprint density at radius 1 is 1.17 bits per heavy atom. The number of benzene rings is 1. The van der Waals surface area contributed by atoms with Gasteiger partial charge in [0.05, 0.1) is 16.8 Å². The van der Waals surface area contributed by atoms with E-state index in [0.717, 1.165) is 23.6 Å². The molecule has 0 saturated heterocycles. The SMILES string of the molecule is CCc1ncc(C(=O)NCCNC(=O)c2ccc(F)cc2F)s1. The lowest BCUT2D eigenvalue weighted by atomic mass is 10.2. The predicted molar refractivity (Wildman–Crippen MR) is 82.5 cm³/mol. The lowest BCUT2D eigenvalue weighted by Gasteiger charge is -2.07. The van der Waals surface area contributed by atoms with Crippen molar-refractivity contribution in [2.45, 2.75) is 13.3 Å². The highest BCUT2D eigenvalue weighted by molar-refractivity contribution is 7.13. The van der Waals surface area contributed by atoms with Gasteiger partial charge in [0.1, 0.15) is 16.5 Å². The van der Waals surface area contributed by atoms with Crippen molar-refractivity contribution in [2.24, 2.45) is 0 Å². The average molecular weight is 339 g/mol. The van der Waals surface area contributed by atoms with Crippen molar-refractivity contribution >= 4 is 23.2 Å². The van der Waals surface area contributed by atoms with Crippen molar-refractivity contribution in [3.8, 4) is 0 Å². The van der Waals surface area contributed by atoms with Crippen LogP contribution >= 0.6 is 11.3 Å². The van der Waals surface area contributed by atoms with Crippen LogP contribution in [0.5, 0.6) is 0 Å². The van der Waals surface area contributed by atoms with Gasteiger partial charge < -0.3 is 10.6 Å². The van der Waals surface area contributed by atoms with Gasteiger partial charge in [0.25, 0.3) is 11.8 Å². The first-order chi connectivity index (χ1) is 11.0. The molecule has 0 aliphatic heterocycles. The Morgan fingerprint density at radius 2 is 1.87 bits per heavy atom. The molecule has 2 N–H and O–H groups in total. The second-order valence-corrected chi connectivity index (χ2v) is 5.72. The van der Waals surface area contributed by atoms with Gasteiger partial charge in [-0.1, -0.05) is 6.92 Å². The zero-order valence-electron chi connectivity index (χ0n) is 12.4. The van der Waals surface area contributed by atoms with Crippen LogP contribution in [0.15, 0.2) is 24.4 Å². The van der Waals surface area contributed by atoms with Crippen molar-refractivity contribution < 1.29 is 18.4 Å². The Balaban J connectivity index is 1.78. The van der Waals surface area contributed by atoms with Crippen LogP contribution in [0.2, 0.25) is 0 Å². The molecule has 122 valence electrons. The molecular weight excluding hydrogens is 324 g/mol. The molecule has 1 aromatic carbocycles. The summed E-state index contributed by atoms with van der Waals surface area (Å²) in [6.45, 7) is 2.26. The van der Waals surface area contributed by atoms with Crippen LogP contribution in [0.25, 0.3) is 0 Å². The van der Waals surface area contributed by atoms with E-state index in [4.69, 9.17) is 0 Å². The Kier molecular flexibility index (Phi) is 5.75. The van der Waals surface area contributed by atoms with Crippen LogP contribution in [0.3, 0.4) is 0 Å². The highest BCUT2D eigenvalue weighted by Crippen LogP contribution is 2.12. The van der Waals surface area contributed by atoms with Gasteiger partial charge in [-0.25, -0.2) is 13.8 Å². The lowest BCUT2D eigenvalue weighted by Crippen LogP contribution is -2.34. The van der Waals surface area contributed by atoms with E-state index in [2.05, 4.69) is 15.6 Å². The highest BCUT2D eigenvalue weighted by atomic mass is 32.1. The van der Waals surface area contributed by atoms with E-state index in [-0.39, 0.29) is 24.6 Å². The van der Waals surface area contributed by atoms with Gasteiger partial charge in [-0.15, -0.1) is 11.3 Å². The molecule has 23 heavy (non-hydrogen) atoms. The smallest absolute Gasteiger partial charge is 0.263 e. The number of aromatic nitrogens is 1. The fraction of sp³-hybridized carbons (Fsp3) is 0.267. The van der Waals surface area contributed by atoms with Gasteiger partial charge in [0.15, 0.2) is 0 Å². The summed E-state index contributed by atoms with van der Waals surface area (Å²) in [5, 5.41) is 5.95. The van der Waals surface area contributed by atoms with Gasteiger partial charge in [-0.05, 0) is 18.6 Å². The predicted octanol–water partition coefficient (Wildman–Crippen LogP) is 2.14. The highest BCUT2D eigenvalue weighted by Gasteiger charge is 2.12. The molecular formula is C15H15F2N3O2S. The maximum Gasteiger partial charge on any atom is 0.263 e. The average Bonchev–Trinajstić information content (AvgIpc) is 3.00. The minimum Gasteiger partial charge on any atom is -0.350 e. The summed E-state index contributed by atoms with van der Waals surface area (Å²) < 4.78 is 26.2. The zero-order valence-corrected chi connectivity index (χ0v) is 13.2. The van der Waals surface area contributed by atoms with Gasteiger partial charge in [-0.2, -0.15) is 0 Å². The number of halogens is 2. The van der Waals surface area contributed by atoms with E-state index >= 15 is 0 Å². The quantitative estimate of drug-likeness (QED) is 0.792. The summed E-state index contributed by atoms with van der Waals surface area (Å²) in [6.07, 6.45) is 2.27. The van der Waals surface area contributed by atoms with Gasteiger partial charge in [0, 0.05) is 19.2 Å². The minimum atomic E-state index is -0.928. The lowest BCUT2D eigenvalue weighted by molar-refractivity contribution is 0.0927. The first kappa shape index (κ1) is 17.0. The first-order valence-corrected chi connectivity index (χ1v) is 7.79. The Labute approximate surface area is 135 Å². The molecule has 5 nitrogen and oxygen atoms in total. The molecule has 0 unspecified atom stereocenters. The molecule has 2 amide bonds. The molecule has 0 spiro atoms. The van der Waals surface area contributed by atoms with Crippen molar-refractivity contribution in [1.82, 2.24) is 15.6 Å². The van der Waals surface area contributed by atoms with E-state index in [1.165, 1.54) is 17.5 Å². The first-order valence-electron chi connectivity index (χ1n) is 6.97. The monoisotopic (exact) mass is 339 g/mol. The standard InChI is InChI=1S/C15H15F2N3O2S/c1-2-13-20-8-12(23-13)15(22)19-6-5-18-14(21)10-4-3-9(16)7-11(10)17/h3-4,7-8H,2,5-6H2,1H3,(H,18,21)(H,19,22). The maximum absolute atomic E-state index is 13.4. The van der Waals surface area contributed by atoms with Crippen LogP contribution in [0, 0.1) is 11.6 Å². The van der Waals surface area contributed by atoms with E-state index in [0.29, 0.717) is 10.9 Å². The zero-order chi connectivity index (χ0) is 16.8. The number of amides is 2. The Hall–Kier alpha value is -2.35. The molecule has 0 bridgehead atoms. The van der Waals surface area contributed by atoms with Crippen LogP contribution in [-0.2, 0) is 6.42 Å². The largest absolute Gasteiger partial charge is 0.350 e. The molecule has 0 saturated carbocycles. The number of nitrogens with one attached hydrogen (secondary N) is 2. The van der Waals surface area contributed by atoms with Crippen LogP contribution in [-0.4, -0.2) is 29.9 Å². The van der Waals surface area contributed by atoms with Gasteiger partial charge >= 0.3 is 0 Å². The molecule has 2 rings (SSSR count). The summed E-state index contributed by atoms with van der Waals surface area (Å²) in [4.78, 5) is 28.1. The Morgan fingerprint density at radius 3 is 2.48 bits per heavy atom. The molecule has 0 radical (unpaired) electrons. The third-order valence-corrected chi connectivity index (χ3v) is 4.09. The molecule has 8 heteroatoms. The fourth-order valence-electron chi connectivity index (χ4n) is 1.79. The van der Waals surface area contributed by atoms with Crippen molar-refractivity contribution in [1.29, 1.82) is 0 Å². The third-order valence-electron chi connectivity index (χ3n) is 2.95. The second kappa shape index (κ2) is 7.77. The number of carbonyl (C=O) groups excluding carboxylic acids is 2. The summed E-state index contributed by atoms with van der Waals surface area (Å²) in [5.74, 6) is -2.61. The van der Waals surface area contributed by atoms with Crippen molar-refractivity contribution in [3.63, 3.8) is 0 Å². The van der Waals surface area contributed by atoms with Crippen molar-refractivity contribution in [2.75, 3.05) is 13.1 Å². The number of rotatable bonds is 6. The molecule has 0 atom stereocenters. The normalized spacial score (nSPS) is 10.4. The van der Waals surface area contributed by atoms with E-state index < -0.39 is 17.5 Å². The van der Waals surface area contributed by atoms with Crippen LogP contribution in [0.1, 0.15) is 32.0 Å². The molecule has 1 aromatic heterocycles. The van der Waals surface area contributed by atoms with Gasteiger partial charge in [0.2, 0.25) is 0 Å². The summed E-state index contributed by atoms with van der Waals surface area (Å²) in [5.41, 5.74) is -0.243. The number of nitrogens with zero attached hydrogens (tertiary/aromatic N) is 1. The summed E-state index contributed by atoms with van der Waals surface area (Å²) in [7, 11) is 0.